The smallest absolute Gasteiger partial charge is 0.279 e. The normalized spacial score (nSPS) is 24.1. The molecule has 0 unspecified atom stereocenters. The third-order valence-corrected chi connectivity index (χ3v) is 5.56. The van der Waals surface area contributed by atoms with Gasteiger partial charge in [-0.3, -0.25) is 0 Å². The molecule has 2 N–H and O–H groups in total. The average molecular weight is 305 g/mol. The third-order valence-electron chi connectivity index (χ3n) is 3.95. The Balaban J connectivity index is 1.62. The van der Waals surface area contributed by atoms with Crippen LogP contribution in [-0.2, 0) is 10.2 Å². The van der Waals surface area contributed by atoms with Gasteiger partial charge in [0.25, 0.3) is 10.2 Å². The minimum Gasteiger partial charge on any atom is -0.314 e. The summed E-state index contributed by atoms with van der Waals surface area (Å²) in [7, 11) is -1.14. The standard InChI is InChI=1S/C12H27N5O2S/c1-15-9-11-16(12-10-15)6-2-3-14-20(18,19)17-7-4-13-5-8-17/h13-14H,2-12H2,1H3. The fourth-order valence-electron chi connectivity index (χ4n) is 2.55. The van der Waals surface area contributed by atoms with E-state index in [-0.39, 0.29) is 0 Å². The van der Waals surface area contributed by atoms with Crippen LogP contribution in [0.15, 0.2) is 0 Å². The highest BCUT2D eigenvalue weighted by Gasteiger charge is 2.22. The molecule has 2 saturated heterocycles. The molecule has 0 amide bonds. The Bertz CT molecular complexity index is 375. The SMILES string of the molecule is CN1CCN(CCCNS(=O)(=O)N2CCNCC2)CC1. The number of piperazine rings is 2. The molecule has 0 aromatic rings. The van der Waals surface area contributed by atoms with Crippen LogP contribution in [-0.4, -0.2) is 95.0 Å². The van der Waals surface area contributed by atoms with Gasteiger partial charge >= 0.3 is 0 Å². The van der Waals surface area contributed by atoms with Crippen LogP contribution in [0.2, 0.25) is 0 Å². The van der Waals surface area contributed by atoms with Gasteiger partial charge < -0.3 is 15.1 Å². The zero-order valence-corrected chi connectivity index (χ0v) is 13.2. The highest BCUT2D eigenvalue weighted by Crippen LogP contribution is 2.02. The van der Waals surface area contributed by atoms with E-state index in [1.807, 2.05) is 0 Å². The number of likely N-dealkylation sites (N-methyl/N-ethyl adjacent to an activating group) is 1. The lowest BCUT2D eigenvalue weighted by molar-refractivity contribution is 0.153. The highest BCUT2D eigenvalue weighted by molar-refractivity contribution is 7.87. The average Bonchev–Trinajstić information content (AvgIpc) is 2.46. The summed E-state index contributed by atoms with van der Waals surface area (Å²) in [5.41, 5.74) is 0. The first-order valence-corrected chi connectivity index (χ1v) is 8.88. The molecule has 0 spiro atoms. The molecule has 2 aliphatic heterocycles. The summed E-state index contributed by atoms with van der Waals surface area (Å²) in [6.45, 7) is 8.48. The number of hydrogen-bond donors (Lipinski definition) is 2. The summed E-state index contributed by atoms with van der Waals surface area (Å²) in [6, 6.07) is 0. The summed E-state index contributed by atoms with van der Waals surface area (Å²) < 4.78 is 28.3. The predicted molar refractivity (Wildman–Crippen MR) is 79.9 cm³/mol. The summed E-state index contributed by atoms with van der Waals surface area (Å²) in [5.74, 6) is 0. The maximum absolute atomic E-state index is 12.0. The maximum atomic E-state index is 12.0. The van der Waals surface area contributed by atoms with E-state index in [1.54, 1.807) is 0 Å². The first-order valence-electron chi connectivity index (χ1n) is 7.44. The van der Waals surface area contributed by atoms with Gasteiger partial charge in [0.05, 0.1) is 0 Å². The molecule has 0 bridgehead atoms. The molecular formula is C12H27N5O2S. The van der Waals surface area contributed by atoms with Crippen LogP contribution < -0.4 is 10.0 Å². The van der Waals surface area contributed by atoms with E-state index >= 15 is 0 Å². The topological polar surface area (TPSA) is 67.9 Å². The Morgan fingerprint density at radius 2 is 1.70 bits per heavy atom. The van der Waals surface area contributed by atoms with Crippen molar-refractivity contribution in [3.63, 3.8) is 0 Å². The Labute approximate surface area is 122 Å². The van der Waals surface area contributed by atoms with Gasteiger partial charge in [0, 0.05) is 58.9 Å². The van der Waals surface area contributed by atoms with Gasteiger partial charge in [0.2, 0.25) is 0 Å². The van der Waals surface area contributed by atoms with Crippen molar-refractivity contribution in [3.8, 4) is 0 Å². The number of nitrogens with one attached hydrogen (secondary N) is 2. The van der Waals surface area contributed by atoms with Crippen molar-refractivity contribution < 1.29 is 8.42 Å². The van der Waals surface area contributed by atoms with Gasteiger partial charge in [-0.1, -0.05) is 0 Å². The minimum atomic E-state index is -3.28. The molecule has 2 aliphatic rings. The van der Waals surface area contributed by atoms with Crippen LogP contribution in [0.25, 0.3) is 0 Å². The molecule has 8 heteroatoms. The summed E-state index contributed by atoms with van der Waals surface area (Å²) in [6.07, 6.45) is 0.870. The van der Waals surface area contributed by atoms with Crippen LogP contribution in [0.1, 0.15) is 6.42 Å². The predicted octanol–water partition coefficient (Wildman–Crippen LogP) is -1.64. The number of rotatable bonds is 6. The van der Waals surface area contributed by atoms with Crippen molar-refractivity contribution in [3.05, 3.63) is 0 Å². The lowest BCUT2D eigenvalue weighted by atomic mass is 10.3. The van der Waals surface area contributed by atoms with Gasteiger partial charge in [0.1, 0.15) is 0 Å². The Morgan fingerprint density at radius 3 is 2.35 bits per heavy atom. The quantitative estimate of drug-likeness (QED) is 0.577. The second-order valence-corrected chi connectivity index (χ2v) is 7.30. The van der Waals surface area contributed by atoms with Crippen molar-refractivity contribution >= 4 is 10.2 Å². The van der Waals surface area contributed by atoms with Gasteiger partial charge in [-0.05, 0) is 20.0 Å². The van der Waals surface area contributed by atoms with Crippen molar-refractivity contribution in [2.45, 2.75) is 6.42 Å². The lowest BCUT2D eigenvalue weighted by Crippen LogP contribution is -2.51. The van der Waals surface area contributed by atoms with Gasteiger partial charge in [0.15, 0.2) is 0 Å². The van der Waals surface area contributed by atoms with E-state index < -0.39 is 10.2 Å². The van der Waals surface area contributed by atoms with Crippen molar-refractivity contribution in [1.82, 2.24) is 24.1 Å². The molecule has 0 aromatic carbocycles. The molecule has 20 heavy (non-hydrogen) atoms. The first kappa shape index (κ1) is 16.1. The van der Waals surface area contributed by atoms with Crippen LogP contribution >= 0.6 is 0 Å². The molecule has 0 atom stereocenters. The second-order valence-electron chi connectivity index (χ2n) is 5.55. The van der Waals surface area contributed by atoms with E-state index in [0.717, 1.165) is 52.2 Å². The lowest BCUT2D eigenvalue weighted by Gasteiger charge is -2.32. The van der Waals surface area contributed by atoms with Crippen molar-refractivity contribution in [2.24, 2.45) is 0 Å². The van der Waals surface area contributed by atoms with Crippen LogP contribution in [0, 0.1) is 0 Å². The van der Waals surface area contributed by atoms with Crippen LogP contribution in [0.4, 0.5) is 0 Å². The Hall–Kier alpha value is -0.250. The van der Waals surface area contributed by atoms with Crippen molar-refractivity contribution in [2.75, 3.05) is 72.5 Å². The van der Waals surface area contributed by atoms with E-state index in [4.69, 9.17) is 0 Å². The Morgan fingerprint density at radius 1 is 1.05 bits per heavy atom. The summed E-state index contributed by atoms with van der Waals surface area (Å²) >= 11 is 0. The monoisotopic (exact) mass is 305 g/mol. The fourth-order valence-corrected chi connectivity index (χ4v) is 3.80. The summed E-state index contributed by atoms with van der Waals surface area (Å²) in [4.78, 5) is 4.72. The van der Waals surface area contributed by atoms with E-state index in [9.17, 15) is 8.42 Å². The fraction of sp³-hybridized carbons (Fsp3) is 1.00. The number of hydrogen-bond acceptors (Lipinski definition) is 5. The third kappa shape index (κ3) is 4.94. The Kier molecular flexibility index (Phi) is 6.19. The molecule has 0 saturated carbocycles. The highest BCUT2D eigenvalue weighted by atomic mass is 32.2. The van der Waals surface area contributed by atoms with Crippen LogP contribution in [0.5, 0.6) is 0 Å². The molecule has 118 valence electrons. The molecule has 0 aromatic heterocycles. The molecular weight excluding hydrogens is 278 g/mol. The largest absolute Gasteiger partial charge is 0.314 e. The van der Waals surface area contributed by atoms with Crippen LogP contribution in [0.3, 0.4) is 0 Å². The van der Waals surface area contributed by atoms with Gasteiger partial charge in [-0.2, -0.15) is 12.7 Å². The zero-order chi connectivity index (χ0) is 14.4. The van der Waals surface area contributed by atoms with E-state index in [2.05, 4.69) is 26.9 Å². The molecule has 7 nitrogen and oxygen atoms in total. The maximum Gasteiger partial charge on any atom is 0.279 e. The zero-order valence-electron chi connectivity index (χ0n) is 12.3. The molecule has 0 radical (unpaired) electrons. The minimum absolute atomic E-state index is 0.526. The summed E-state index contributed by atoms with van der Waals surface area (Å²) in [5, 5.41) is 3.16. The molecule has 2 fully saturated rings. The molecule has 2 heterocycles. The molecule has 0 aliphatic carbocycles. The first-order chi connectivity index (χ1) is 9.58. The number of nitrogens with zero attached hydrogens (tertiary/aromatic N) is 3. The van der Waals surface area contributed by atoms with E-state index in [0.29, 0.717) is 19.6 Å². The van der Waals surface area contributed by atoms with E-state index in [1.165, 1.54) is 4.31 Å². The van der Waals surface area contributed by atoms with Gasteiger partial charge in [-0.15, -0.1) is 0 Å². The van der Waals surface area contributed by atoms with Crippen molar-refractivity contribution in [1.29, 1.82) is 0 Å². The second kappa shape index (κ2) is 7.67. The molecule has 2 rings (SSSR count). The van der Waals surface area contributed by atoms with Gasteiger partial charge in [-0.25, -0.2) is 4.72 Å².